The number of nitrogens with one attached hydrogen (secondary N) is 2. The number of amides is 1. The maximum Gasteiger partial charge on any atom is 0.306 e. The van der Waals surface area contributed by atoms with Crippen LogP contribution in [-0.2, 0) is 9.59 Å². The van der Waals surface area contributed by atoms with E-state index in [1.807, 2.05) is 6.92 Å². The van der Waals surface area contributed by atoms with E-state index in [0.717, 1.165) is 45.2 Å². The zero-order chi connectivity index (χ0) is 13.9. The SMILES string of the molecule is CCC1(C(=O)NCC2CCCC2C(=O)O)CCNC1. The fourth-order valence-corrected chi connectivity index (χ4v) is 3.42. The third-order valence-electron chi connectivity index (χ3n) is 4.90. The van der Waals surface area contributed by atoms with Crippen LogP contribution in [0.5, 0.6) is 0 Å². The molecule has 1 saturated heterocycles. The van der Waals surface area contributed by atoms with Gasteiger partial charge < -0.3 is 15.7 Å². The number of hydrogen-bond donors (Lipinski definition) is 3. The van der Waals surface area contributed by atoms with Gasteiger partial charge in [0, 0.05) is 13.1 Å². The van der Waals surface area contributed by atoms with Crippen molar-refractivity contribution in [2.45, 2.75) is 39.0 Å². The Bertz CT molecular complexity index is 351. The van der Waals surface area contributed by atoms with E-state index < -0.39 is 5.97 Å². The zero-order valence-corrected chi connectivity index (χ0v) is 11.6. The number of carboxylic acids is 1. The Kier molecular flexibility index (Phi) is 4.45. The first-order valence-electron chi connectivity index (χ1n) is 7.31. The van der Waals surface area contributed by atoms with Crippen LogP contribution in [0.2, 0.25) is 0 Å². The summed E-state index contributed by atoms with van der Waals surface area (Å²) in [4.78, 5) is 23.4. The van der Waals surface area contributed by atoms with E-state index in [4.69, 9.17) is 5.11 Å². The standard InChI is InChI=1S/C14H24N2O3/c1-2-14(6-7-15-9-14)13(19)16-8-10-4-3-5-11(10)12(17)18/h10-11,15H,2-9H2,1H3,(H,16,19)(H,17,18). The van der Waals surface area contributed by atoms with Crippen LogP contribution >= 0.6 is 0 Å². The minimum Gasteiger partial charge on any atom is -0.481 e. The predicted octanol–water partition coefficient (Wildman–Crippen LogP) is 0.993. The van der Waals surface area contributed by atoms with Gasteiger partial charge in [-0.05, 0) is 38.1 Å². The van der Waals surface area contributed by atoms with Crippen molar-refractivity contribution >= 4 is 11.9 Å². The highest BCUT2D eigenvalue weighted by atomic mass is 16.4. The molecule has 1 aliphatic carbocycles. The Morgan fingerprint density at radius 1 is 1.42 bits per heavy atom. The normalized spacial score (nSPS) is 34.4. The lowest BCUT2D eigenvalue weighted by atomic mass is 9.83. The molecule has 1 amide bonds. The van der Waals surface area contributed by atoms with Crippen LogP contribution in [0, 0.1) is 17.3 Å². The van der Waals surface area contributed by atoms with E-state index in [0.29, 0.717) is 6.54 Å². The van der Waals surface area contributed by atoms with E-state index in [9.17, 15) is 9.59 Å². The van der Waals surface area contributed by atoms with Gasteiger partial charge in [-0.2, -0.15) is 0 Å². The number of carbonyl (C=O) groups is 2. The van der Waals surface area contributed by atoms with Crippen molar-refractivity contribution in [1.29, 1.82) is 0 Å². The number of carboxylic acid groups (broad SMARTS) is 1. The summed E-state index contributed by atoms with van der Waals surface area (Å²) >= 11 is 0. The molecule has 0 radical (unpaired) electrons. The van der Waals surface area contributed by atoms with Crippen LogP contribution < -0.4 is 10.6 Å². The van der Waals surface area contributed by atoms with Gasteiger partial charge in [-0.1, -0.05) is 13.3 Å². The molecule has 0 bridgehead atoms. The highest BCUT2D eigenvalue weighted by Gasteiger charge is 2.40. The molecule has 0 aromatic heterocycles. The smallest absolute Gasteiger partial charge is 0.306 e. The number of carbonyl (C=O) groups excluding carboxylic acids is 1. The molecule has 1 saturated carbocycles. The average molecular weight is 268 g/mol. The third-order valence-corrected chi connectivity index (χ3v) is 4.90. The van der Waals surface area contributed by atoms with Gasteiger partial charge >= 0.3 is 5.97 Å². The zero-order valence-electron chi connectivity index (χ0n) is 11.6. The monoisotopic (exact) mass is 268 g/mol. The minimum atomic E-state index is -0.718. The molecule has 5 heteroatoms. The van der Waals surface area contributed by atoms with Crippen LogP contribution in [0.15, 0.2) is 0 Å². The molecule has 1 heterocycles. The lowest BCUT2D eigenvalue weighted by molar-refractivity contribution is -0.143. The van der Waals surface area contributed by atoms with Crippen molar-refractivity contribution in [2.24, 2.45) is 17.3 Å². The van der Waals surface area contributed by atoms with E-state index in [-0.39, 0.29) is 23.2 Å². The second kappa shape index (κ2) is 5.90. The minimum absolute atomic E-state index is 0.0936. The van der Waals surface area contributed by atoms with Crippen molar-refractivity contribution in [3.8, 4) is 0 Å². The Labute approximate surface area is 114 Å². The van der Waals surface area contributed by atoms with Crippen LogP contribution in [-0.4, -0.2) is 36.6 Å². The van der Waals surface area contributed by atoms with E-state index in [1.165, 1.54) is 0 Å². The summed E-state index contributed by atoms with van der Waals surface area (Å²) < 4.78 is 0. The van der Waals surface area contributed by atoms with Gasteiger partial charge in [-0.25, -0.2) is 0 Å². The second-order valence-corrected chi connectivity index (χ2v) is 5.91. The summed E-state index contributed by atoms with van der Waals surface area (Å²) in [6, 6.07) is 0. The van der Waals surface area contributed by atoms with Gasteiger partial charge in [0.2, 0.25) is 5.91 Å². The molecule has 0 spiro atoms. The summed E-state index contributed by atoms with van der Waals surface area (Å²) in [6.45, 7) is 4.19. The molecule has 0 aromatic rings. The molecular weight excluding hydrogens is 244 g/mol. The van der Waals surface area contributed by atoms with Crippen molar-refractivity contribution in [3.63, 3.8) is 0 Å². The summed E-state index contributed by atoms with van der Waals surface area (Å²) in [6.07, 6.45) is 4.32. The highest BCUT2D eigenvalue weighted by Crippen LogP contribution is 2.33. The fraction of sp³-hybridized carbons (Fsp3) is 0.857. The van der Waals surface area contributed by atoms with Crippen LogP contribution in [0.3, 0.4) is 0 Å². The number of aliphatic carboxylic acids is 1. The molecule has 5 nitrogen and oxygen atoms in total. The molecule has 2 aliphatic rings. The van der Waals surface area contributed by atoms with Gasteiger partial charge in [-0.3, -0.25) is 9.59 Å². The predicted molar refractivity (Wildman–Crippen MR) is 71.7 cm³/mol. The molecule has 3 N–H and O–H groups in total. The van der Waals surface area contributed by atoms with E-state index >= 15 is 0 Å². The number of rotatable bonds is 5. The lowest BCUT2D eigenvalue weighted by Gasteiger charge is -2.26. The van der Waals surface area contributed by atoms with Gasteiger partial charge in [-0.15, -0.1) is 0 Å². The molecule has 3 atom stereocenters. The quantitative estimate of drug-likeness (QED) is 0.695. The first kappa shape index (κ1) is 14.3. The van der Waals surface area contributed by atoms with Crippen molar-refractivity contribution in [3.05, 3.63) is 0 Å². The average Bonchev–Trinajstić information content (AvgIpc) is 3.05. The highest BCUT2D eigenvalue weighted by molar-refractivity contribution is 5.83. The van der Waals surface area contributed by atoms with Gasteiger partial charge in [0.05, 0.1) is 11.3 Å². The molecular formula is C14H24N2O3. The van der Waals surface area contributed by atoms with Crippen LogP contribution in [0.25, 0.3) is 0 Å². The fourth-order valence-electron chi connectivity index (χ4n) is 3.42. The number of hydrogen-bond acceptors (Lipinski definition) is 3. The van der Waals surface area contributed by atoms with Crippen molar-refractivity contribution in [1.82, 2.24) is 10.6 Å². The first-order chi connectivity index (χ1) is 9.09. The maximum atomic E-state index is 12.3. The van der Waals surface area contributed by atoms with Crippen LogP contribution in [0.1, 0.15) is 39.0 Å². The summed E-state index contributed by atoms with van der Waals surface area (Å²) in [5.41, 5.74) is -0.280. The topological polar surface area (TPSA) is 78.4 Å². The van der Waals surface area contributed by atoms with E-state index in [1.54, 1.807) is 0 Å². The van der Waals surface area contributed by atoms with Gasteiger partial charge in [0.25, 0.3) is 0 Å². The van der Waals surface area contributed by atoms with E-state index in [2.05, 4.69) is 10.6 Å². The molecule has 3 unspecified atom stereocenters. The Morgan fingerprint density at radius 2 is 2.21 bits per heavy atom. The second-order valence-electron chi connectivity index (χ2n) is 5.91. The summed E-state index contributed by atoms with van der Waals surface area (Å²) in [5, 5.41) is 15.4. The Balaban J connectivity index is 1.88. The van der Waals surface area contributed by atoms with Gasteiger partial charge in [0.1, 0.15) is 0 Å². The van der Waals surface area contributed by atoms with Crippen molar-refractivity contribution < 1.29 is 14.7 Å². The largest absolute Gasteiger partial charge is 0.481 e. The first-order valence-corrected chi connectivity index (χ1v) is 7.31. The molecule has 19 heavy (non-hydrogen) atoms. The molecule has 1 aliphatic heterocycles. The molecule has 2 fully saturated rings. The third kappa shape index (κ3) is 2.91. The lowest BCUT2D eigenvalue weighted by Crippen LogP contribution is -2.44. The Morgan fingerprint density at radius 3 is 2.79 bits per heavy atom. The molecule has 108 valence electrons. The van der Waals surface area contributed by atoms with Crippen LogP contribution in [0.4, 0.5) is 0 Å². The molecule has 2 rings (SSSR count). The van der Waals surface area contributed by atoms with Crippen molar-refractivity contribution in [2.75, 3.05) is 19.6 Å². The maximum absolute atomic E-state index is 12.3. The molecule has 0 aromatic carbocycles. The Hall–Kier alpha value is -1.10. The summed E-state index contributed by atoms with van der Waals surface area (Å²) in [5.74, 6) is -0.801. The van der Waals surface area contributed by atoms with Gasteiger partial charge in [0.15, 0.2) is 0 Å². The summed E-state index contributed by atoms with van der Waals surface area (Å²) in [7, 11) is 0.